The number of hydrogen-bond donors (Lipinski definition) is 1. The third-order valence-corrected chi connectivity index (χ3v) is 8.87. The van der Waals surface area contributed by atoms with Crippen LogP contribution in [0.3, 0.4) is 0 Å². The summed E-state index contributed by atoms with van der Waals surface area (Å²) in [5, 5.41) is 2.90. The maximum Gasteiger partial charge on any atom is 0.246 e. The van der Waals surface area contributed by atoms with Crippen molar-refractivity contribution in [2.24, 2.45) is 21.8 Å². The van der Waals surface area contributed by atoms with Gasteiger partial charge in [0.2, 0.25) is 12.3 Å². The number of amides is 2. The molecule has 3 heterocycles. The molecule has 1 N–H and O–H groups in total. The number of pyridine rings is 1. The quantitative estimate of drug-likeness (QED) is 0.191. The average molecular weight is 599 g/mol. The molecule has 1 aromatic heterocycles. The number of aromatic nitrogens is 1. The molecule has 4 rings (SSSR count). The van der Waals surface area contributed by atoms with Crippen LogP contribution in [0.2, 0.25) is 5.02 Å². The number of rotatable bonds is 8. The Morgan fingerprint density at radius 1 is 1.32 bits per heavy atom. The molecule has 1 aromatic carbocycles. The molecule has 8 nitrogen and oxygen atoms in total. The van der Waals surface area contributed by atoms with Crippen molar-refractivity contribution < 1.29 is 14.0 Å². The van der Waals surface area contributed by atoms with Gasteiger partial charge in [0.25, 0.3) is 0 Å². The van der Waals surface area contributed by atoms with Gasteiger partial charge in [0.1, 0.15) is 28.5 Å². The van der Waals surface area contributed by atoms with Crippen LogP contribution < -0.4 is 5.32 Å². The van der Waals surface area contributed by atoms with Crippen molar-refractivity contribution in [3.8, 4) is 11.3 Å². The van der Waals surface area contributed by atoms with Crippen LogP contribution in [0.25, 0.3) is 11.3 Å². The molecular formula is C30H36ClFN6O2S. The van der Waals surface area contributed by atoms with Gasteiger partial charge in [-0.1, -0.05) is 50.2 Å². The van der Waals surface area contributed by atoms with E-state index in [0.29, 0.717) is 53.9 Å². The normalized spacial score (nSPS) is 23.0. The number of piperazine rings is 1. The Labute approximate surface area is 250 Å². The van der Waals surface area contributed by atoms with E-state index >= 15 is 4.39 Å². The minimum atomic E-state index is -0.589. The molecule has 2 aromatic rings. The van der Waals surface area contributed by atoms with E-state index in [1.165, 1.54) is 12.1 Å². The van der Waals surface area contributed by atoms with Crippen LogP contribution in [0, 0.1) is 17.7 Å². The molecule has 1 saturated heterocycles. The summed E-state index contributed by atoms with van der Waals surface area (Å²) in [5.41, 5.74) is 0.805. The van der Waals surface area contributed by atoms with Crippen molar-refractivity contribution in [2.75, 3.05) is 31.2 Å². The number of amidine groups is 1. The molecule has 2 aliphatic rings. The Morgan fingerprint density at radius 3 is 2.71 bits per heavy atom. The van der Waals surface area contributed by atoms with E-state index in [2.05, 4.69) is 35.6 Å². The molecule has 0 spiro atoms. The number of nitrogens with one attached hydrogen (secondary N) is 1. The zero-order valence-electron chi connectivity index (χ0n) is 23.8. The van der Waals surface area contributed by atoms with E-state index in [1.54, 1.807) is 40.9 Å². The van der Waals surface area contributed by atoms with Crippen LogP contribution in [0.15, 0.2) is 53.0 Å². The van der Waals surface area contributed by atoms with Crippen LogP contribution in [0.5, 0.6) is 0 Å². The third-order valence-electron chi connectivity index (χ3n) is 7.66. The smallest absolute Gasteiger partial charge is 0.246 e. The molecule has 41 heavy (non-hydrogen) atoms. The molecule has 0 bridgehead atoms. The summed E-state index contributed by atoms with van der Waals surface area (Å²) in [7, 11) is 0. The van der Waals surface area contributed by atoms with E-state index in [-0.39, 0.29) is 40.8 Å². The molecule has 0 radical (unpaired) electrons. The Kier molecular flexibility index (Phi) is 10.2. The standard InChI is InChI=1S/C30H36ClFN6O2S/c1-6-25(40)37-13-14-38(19(4)16-37)29(36-27-20(18(2)3)11-12-33-30(27)41-5)22-15-24(32)26(35-28(22)34-17-39)21-9-7-8-10-23(21)31/h6-10,12,15,17-20,27,30H,1,11,13-14,16H2,2-5H3,(H,34,35,39)/b36-29+. The lowest BCUT2D eigenvalue weighted by molar-refractivity contribution is -0.128. The van der Waals surface area contributed by atoms with Gasteiger partial charge in [0.15, 0.2) is 0 Å². The zero-order chi connectivity index (χ0) is 29.7. The van der Waals surface area contributed by atoms with Crippen LogP contribution in [-0.2, 0) is 9.59 Å². The Morgan fingerprint density at radius 2 is 2.07 bits per heavy atom. The summed E-state index contributed by atoms with van der Waals surface area (Å²) in [4.78, 5) is 42.6. The van der Waals surface area contributed by atoms with Gasteiger partial charge in [-0.05, 0) is 49.6 Å². The highest BCUT2D eigenvalue weighted by Gasteiger charge is 2.36. The molecule has 2 aliphatic heterocycles. The Hall–Kier alpha value is -3.24. The Bertz CT molecular complexity index is 1350. The van der Waals surface area contributed by atoms with E-state index in [0.717, 1.165) is 6.42 Å². The summed E-state index contributed by atoms with van der Waals surface area (Å²) < 4.78 is 15.9. The van der Waals surface area contributed by atoms with Crippen LogP contribution in [0.4, 0.5) is 10.2 Å². The predicted octanol–water partition coefficient (Wildman–Crippen LogP) is 5.38. The number of anilines is 1. The van der Waals surface area contributed by atoms with Gasteiger partial charge < -0.3 is 15.1 Å². The molecule has 11 heteroatoms. The molecular weight excluding hydrogens is 563 g/mol. The maximum absolute atomic E-state index is 15.9. The highest BCUT2D eigenvalue weighted by molar-refractivity contribution is 7.99. The van der Waals surface area contributed by atoms with Gasteiger partial charge in [-0.2, -0.15) is 0 Å². The number of halogens is 2. The monoisotopic (exact) mass is 598 g/mol. The van der Waals surface area contributed by atoms with Crippen molar-refractivity contribution in [2.45, 2.75) is 44.6 Å². The second-order valence-electron chi connectivity index (χ2n) is 10.5. The number of hydrogen-bond acceptors (Lipinski definition) is 6. The first-order valence-corrected chi connectivity index (χ1v) is 15.3. The topological polar surface area (TPSA) is 90.3 Å². The van der Waals surface area contributed by atoms with E-state index in [9.17, 15) is 9.59 Å². The molecule has 4 unspecified atom stereocenters. The molecule has 4 atom stereocenters. The maximum atomic E-state index is 15.9. The van der Waals surface area contributed by atoms with Gasteiger partial charge in [-0.3, -0.25) is 19.6 Å². The summed E-state index contributed by atoms with van der Waals surface area (Å²) in [6, 6.07) is 7.87. The fourth-order valence-electron chi connectivity index (χ4n) is 5.46. The lowest BCUT2D eigenvalue weighted by Crippen LogP contribution is -2.56. The number of carbonyl (C=O) groups excluding carboxylic acids is 2. The highest BCUT2D eigenvalue weighted by atomic mass is 35.5. The second kappa shape index (κ2) is 13.6. The number of thioether (sulfide) groups is 1. The molecule has 0 aliphatic carbocycles. The first kappa shape index (κ1) is 30.7. The first-order chi connectivity index (χ1) is 19.7. The van der Waals surface area contributed by atoms with E-state index in [1.807, 2.05) is 19.4 Å². The lowest BCUT2D eigenvalue weighted by Gasteiger charge is -2.42. The highest BCUT2D eigenvalue weighted by Crippen LogP contribution is 2.35. The van der Waals surface area contributed by atoms with Crippen molar-refractivity contribution in [1.82, 2.24) is 14.8 Å². The number of carbonyl (C=O) groups is 2. The predicted molar refractivity (Wildman–Crippen MR) is 166 cm³/mol. The van der Waals surface area contributed by atoms with Gasteiger partial charge in [0, 0.05) is 37.5 Å². The van der Waals surface area contributed by atoms with E-state index < -0.39 is 5.82 Å². The Balaban J connectivity index is 1.90. The van der Waals surface area contributed by atoms with Crippen LogP contribution >= 0.6 is 23.4 Å². The third kappa shape index (κ3) is 6.64. The van der Waals surface area contributed by atoms with Gasteiger partial charge >= 0.3 is 0 Å². The van der Waals surface area contributed by atoms with Gasteiger partial charge in [-0.15, -0.1) is 11.8 Å². The SMILES string of the molecule is C=CC(=O)N1CCN(/C(=N/C2C(SC)N=CCC2C(C)C)c2cc(F)c(-c3ccccc3Cl)nc2NC=O)C(C)C1. The van der Waals surface area contributed by atoms with Crippen molar-refractivity contribution in [1.29, 1.82) is 0 Å². The van der Waals surface area contributed by atoms with Crippen molar-refractivity contribution in [3.63, 3.8) is 0 Å². The molecule has 0 saturated carbocycles. The first-order valence-electron chi connectivity index (χ1n) is 13.7. The number of benzene rings is 1. The average Bonchev–Trinajstić information content (AvgIpc) is 2.96. The largest absolute Gasteiger partial charge is 0.350 e. The van der Waals surface area contributed by atoms with Crippen LogP contribution in [-0.4, -0.2) is 82.5 Å². The zero-order valence-corrected chi connectivity index (χ0v) is 25.3. The summed E-state index contributed by atoms with van der Waals surface area (Å²) in [6.07, 6.45) is 6.60. The summed E-state index contributed by atoms with van der Waals surface area (Å²) in [6.45, 7) is 11.3. The molecule has 218 valence electrons. The molecule has 2 amide bonds. The van der Waals surface area contributed by atoms with E-state index in [4.69, 9.17) is 21.6 Å². The fourth-order valence-corrected chi connectivity index (χ4v) is 6.43. The summed E-state index contributed by atoms with van der Waals surface area (Å²) >= 11 is 8.00. The number of nitrogens with zero attached hydrogens (tertiary/aromatic N) is 5. The number of aliphatic imine (C=N–C) groups is 2. The fraction of sp³-hybridized carbons (Fsp3) is 0.433. The second-order valence-corrected chi connectivity index (χ2v) is 11.9. The summed E-state index contributed by atoms with van der Waals surface area (Å²) in [5.74, 6) is 0.495. The minimum absolute atomic E-state index is 0.0295. The lowest BCUT2D eigenvalue weighted by atomic mass is 9.84. The van der Waals surface area contributed by atoms with Crippen molar-refractivity contribution >= 4 is 53.5 Å². The van der Waals surface area contributed by atoms with Gasteiger partial charge in [0.05, 0.1) is 16.6 Å². The van der Waals surface area contributed by atoms with Crippen LogP contribution in [0.1, 0.15) is 32.8 Å². The van der Waals surface area contributed by atoms with Crippen molar-refractivity contribution in [3.05, 3.63) is 59.4 Å². The van der Waals surface area contributed by atoms with Gasteiger partial charge in [-0.25, -0.2) is 9.37 Å². The molecule has 1 fully saturated rings. The minimum Gasteiger partial charge on any atom is -0.350 e.